The molecular formula is C15H20FNO3. The molecule has 1 aliphatic rings. The van der Waals surface area contributed by atoms with Crippen LogP contribution in [0.5, 0.6) is 5.75 Å². The molecule has 1 aromatic rings. The van der Waals surface area contributed by atoms with Gasteiger partial charge in [-0.1, -0.05) is 0 Å². The summed E-state index contributed by atoms with van der Waals surface area (Å²) in [6.07, 6.45) is 3.20. The average molecular weight is 281 g/mol. The van der Waals surface area contributed by atoms with Crippen LogP contribution in [0.3, 0.4) is 0 Å². The van der Waals surface area contributed by atoms with Gasteiger partial charge < -0.3 is 15.2 Å². The molecule has 4 nitrogen and oxygen atoms in total. The van der Waals surface area contributed by atoms with E-state index >= 15 is 0 Å². The minimum Gasteiger partial charge on any atom is -0.493 e. The molecule has 5 heteroatoms. The van der Waals surface area contributed by atoms with Crippen LogP contribution in [0.15, 0.2) is 24.3 Å². The Kier molecular flexibility index (Phi) is 5.35. The van der Waals surface area contributed by atoms with Crippen molar-refractivity contribution < 1.29 is 19.0 Å². The Morgan fingerprint density at radius 2 is 1.90 bits per heavy atom. The normalized spacial score (nSPS) is 22.3. The van der Waals surface area contributed by atoms with Gasteiger partial charge in [0.15, 0.2) is 0 Å². The maximum atomic E-state index is 12.7. The molecule has 0 saturated heterocycles. The molecule has 0 radical (unpaired) electrons. The number of aliphatic hydroxyl groups excluding tert-OH is 1. The highest BCUT2D eigenvalue weighted by Crippen LogP contribution is 2.18. The predicted molar refractivity (Wildman–Crippen MR) is 72.9 cm³/mol. The first-order chi connectivity index (χ1) is 9.63. The van der Waals surface area contributed by atoms with Crippen LogP contribution in [0, 0.1) is 5.82 Å². The molecule has 0 bridgehead atoms. The van der Waals surface area contributed by atoms with Gasteiger partial charge in [-0.2, -0.15) is 0 Å². The largest absolute Gasteiger partial charge is 0.493 e. The van der Waals surface area contributed by atoms with E-state index in [1.165, 1.54) is 24.3 Å². The monoisotopic (exact) mass is 281 g/mol. The third-order valence-electron chi connectivity index (χ3n) is 3.47. The Labute approximate surface area is 117 Å². The van der Waals surface area contributed by atoms with Gasteiger partial charge in [0.25, 0.3) is 0 Å². The molecule has 1 amide bonds. The van der Waals surface area contributed by atoms with Crippen LogP contribution >= 0.6 is 0 Å². The van der Waals surface area contributed by atoms with Crippen LogP contribution < -0.4 is 10.1 Å². The number of benzene rings is 1. The number of nitrogens with one attached hydrogen (secondary N) is 1. The fraction of sp³-hybridized carbons (Fsp3) is 0.533. The molecule has 110 valence electrons. The summed E-state index contributed by atoms with van der Waals surface area (Å²) in [6, 6.07) is 5.88. The summed E-state index contributed by atoms with van der Waals surface area (Å²) >= 11 is 0. The predicted octanol–water partition coefficient (Wildman–Crippen LogP) is 2.01. The van der Waals surface area contributed by atoms with E-state index in [4.69, 9.17) is 4.74 Å². The molecule has 20 heavy (non-hydrogen) atoms. The number of carbonyl (C=O) groups is 1. The molecule has 0 atom stereocenters. The summed E-state index contributed by atoms with van der Waals surface area (Å²) in [7, 11) is 0. The van der Waals surface area contributed by atoms with Gasteiger partial charge in [0.2, 0.25) is 5.91 Å². The standard InChI is InChI=1S/C15H20FNO3/c16-11-1-7-14(8-2-11)20-10-9-15(19)17-12-3-5-13(18)6-4-12/h1-2,7-8,12-13,18H,3-6,9-10H2,(H,17,19). The smallest absolute Gasteiger partial charge is 0.223 e. The molecule has 2 N–H and O–H groups in total. The number of hydrogen-bond acceptors (Lipinski definition) is 3. The molecule has 2 rings (SSSR count). The fourth-order valence-electron chi connectivity index (χ4n) is 2.31. The molecule has 0 heterocycles. The number of carbonyl (C=O) groups excluding carboxylic acids is 1. The summed E-state index contributed by atoms with van der Waals surface area (Å²) in [5.41, 5.74) is 0. The van der Waals surface area contributed by atoms with Crippen LogP contribution in [0.4, 0.5) is 4.39 Å². The van der Waals surface area contributed by atoms with E-state index < -0.39 is 0 Å². The summed E-state index contributed by atoms with van der Waals surface area (Å²) in [6.45, 7) is 0.271. The Balaban J connectivity index is 1.64. The quantitative estimate of drug-likeness (QED) is 0.868. The highest BCUT2D eigenvalue weighted by Gasteiger charge is 2.20. The molecule has 1 aliphatic carbocycles. The van der Waals surface area contributed by atoms with Crippen molar-refractivity contribution in [1.82, 2.24) is 5.32 Å². The van der Waals surface area contributed by atoms with Crippen LogP contribution in [0.25, 0.3) is 0 Å². The fourth-order valence-corrected chi connectivity index (χ4v) is 2.31. The highest BCUT2D eigenvalue weighted by atomic mass is 19.1. The summed E-state index contributed by atoms with van der Waals surface area (Å²) in [5, 5.41) is 12.3. The summed E-state index contributed by atoms with van der Waals surface area (Å²) in [4.78, 5) is 11.7. The van der Waals surface area contributed by atoms with Crippen molar-refractivity contribution in [1.29, 1.82) is 0 Å². The summed E-state index contributed by atoms with van der Waals surface area (Å²) in [5.74, 6) is 0.197. The van der Waals surface area contributed by atoms with Gasteiger partial charge in [0.1, 0.15) is 11.6 Å². The van der Waals surface area contributed by atoms with Crippen LogP contribution in [-0.2, 0) is 4.79 Å². The van der Waals surface area contributed by atoms with Crippen LogP contribution in [0.2, 0.25) is 0 Å². The van der Waals surface area contributed by atoms with Crippen molar-refractivity contribution in [2.45, 2.75) is 44.2 Å². The Hall–Kier alpha value is -1.62. The first-order valence-corrected chi connectivity index (χ1v) is 6.99. The molecule has 0 unspecified atom stereocenters. The van der Waals surface area contributed by atoms with Crippen molar-refractivity contribution in [2.24, 2.45) is 0 Å². The average Bonchev–Trinajstić information content (AvgIpc) is 2.44. The van der Waals surface area contributed by atoms with Crippen molar-refractivity contribution in [3.8, 4) is 5.75 Å². The van der Waals surface area contributed by atoms with E-state index in [0.717, 1.165) is 25.7 Å². The maximum absolute atomic E-state index is 12.7. The number of amides is 1. The van der Waals surface area contributed by atoms with Gasteiger partial charge in [-0.25, -0.2) is 4.39 Å². The third kappa shape index (κ3) is 4.81. The number of rotatable bonds is 5. The summed E-state index contributed by atoms with van der Waals surface area (Å²) < 4.78 is 18.1. The van der Waals surface area contributed by atoms with E-state index in [1.54, 1.807) is 0 Å². The number of halogens is 1. The van der Waals surface area contributed by atoms with E-state index in [2.05, 4.69) is 5.32 Å². The van der Waals surface area contributed by atoms with Gasteiger partial charge in [-0.3, -0.25) is 4.79 Å². The lowest BCUT2D eigenvalue weighted by molar-refractivity contribution is -0.122. The third-order valence-corrected chi connectivity index (χ3v) is 3.47. The minimum absolute atomic E-state index is 0.0477. The number of hydrogen-bond donors (Lipinski definition) is 2. The Morgan fingerprint density at radius 3 is 2.55 bits per heavy atom. The second-order valence-electron chi connectivity index (χ2n) is 5.13. The zero-order chi connectivity index (χ0) is 14.4. The Bertz CT molecular complexity index is 427. The molecule has 0 spiro atoms. The first kappa shape index (κ1) is 14.8. The zero-order valence-electron chi connectivity index (χ0n) is 11.3. The maximum Gasteiger partial charge on any atom is 0.223 e. The van der Waals surface area contributed by atoms with Crippen molar-refractivity contribution >= 4 is 5.91 Å². The van der Waals surface area contributed by atoms with Crippen LogP contribution in [-0.4, -0.2) is 29.8 Å². The molecule has 1 saturated carbocycles. The van der Waals surface area contributed by atoms with E-state index in [1.807, 2.05) is 0 Å². The van der Waals surface area contributed by atoms with Crippen LogP contribution in [0.1, 0.15) is 32.1 Å². The molecule has 1 fully saturated rings. The van der Waals surface area contributed by atoms with Gasteiger partial charge in [0.05, 0.1) is 19.1 Å². The topological polar surface area (TPSA) is 58.6 Å². The molecule has 1 aromatic carbocycles. The second kappa shape index (κ2) is 7.24. The van der Waals surface area contributed by atoms with E-state index in [0.29, 0.717) is 5.75 Å². The van der Waals surface area contributed by atoms with E-state index in [-0.39, 0.29) is 36.9 Å². The van der Waals surface area contributed by atoms with Crippen molar-refractivity contribution in [3.63, 3.8) is 0 Å². The molecule has 0 aromatic heterocycles. The SMILES string of the molecule is O=C(CCOc1ccc(F)cc1)NC1CCC(O)CC1. The van der Waals surface area contributed by atoms with Gasteiger partial charge in [-0.05, 0) is 49.9 Å². The van der Waals surface area contributed by atoms with Gasteiger partial charge in [-0.15, -0.1) is 0 Å². The van der Waals surface area contributed by atoms with Gasteiger partial charge in [0, 0.05) is 6.04 Å². The second-order valence-corrected chi connectivity index (χ2v) is 5.13. The highest BCUT2D eigenvalue weighted by molar-refractivity contribution is 5.76. The zero-order valence-corrected chi connectivity index (χ0v) is 11.3. The number of ether oxygens (including phenoxy) is 1. The lowest BCUT2D eigenvalue weighted by Gasteiger charge is -2.26. The Morgan fingerprint density at radius 1 is 1.25 bits per heavy atom. The lowest BCUT2D eigenvalue weighted by Crippen LogP contribution is -2.39. The number of aliphatic hydroxyl groups is 1. The minimum atomic E-state index is -0.311. The molecule has 0 aliphatic heterocycles. The van der Waals surface area contributed by atoms with Crippen molar-refractivity contribution in [3.05, 3.63) is 30.1 Å². The first-order valence-electron chi connectivity index (χ1n) is 6.99. The lowest BCUT2D eigenvalue weighted by atomic mass is 9.93. The van der Waals surface area contributed by atoms with E-state index in [9.17, 15) is 14.3 Å². The molecular weight excluding hydrogens is 261 g/mol. The van der Waals surface area contributed by atoms with Gasteiger partial charge >= 0.3 is 0 Å². The van der Waals surface area contributed by atoms with Crippen molar-refractivity contribution in [2.75, 3.05) is 6.61 Å².